The van der Waals surface area contributed by atoms with Crippen LogP contribution in [0.15, 0.2) is 53.0 Å². The van der Waals surface area contributed by atoms with Gasteiger partial charge in [-0.25, -0.2) is 4.79 Å². The second kappa shape index (κ2) is 8.58. The van der Waals surface area contributed by atoms with Crippen molar-refractivity contribution in [1.29, 1.82) is 0 Å². The van der Waals surface area contributed by atoms with Crippen LogP contribution in [-0.2, 0) is 0 Å². The molecule has 1 atom stereocenters. The van der Waals surface area contributed by atoms with Gasteiger partial charge in [-0.2, -0.15) is 0 Å². The summed E-state index contributed by atoms with van der Waals surface area (Å²) in [7, 11) is 0. The van der Waals surface area contributed by atoms with E-state index in [-0.39, 0.29) is 12.1 Å². The normalized spacial score (nSPS) is 11.6. The van der Waals surface area contributed by atoms with Crippen LogP contribution < -0.4 is 15.4 Å². The number of benzene rings is 2. The molecule has 0 aromatic heterocycles. The Hall–Kier alpha value is -2.01. The van der Waals surface area contributed by atoms with E-state index >= 15 is 0 Å². The van der Waals surface area contributed by atoms with Gasteiger partial charge in [-0.1, -0.05) is 46.3 Å². The van der Waals surface area contributed by atoms with E-state index in [9.17, 15) is 4.79 Å². The molecule has 2 aromatic carbocycles. The highest BCUT2D eigenvalue weighted by Crippen LogP contribution is 2.22. The summed E-state index contributed by atoms with van der Waals surface area (Å²) in [6.45, 7) is 4.84. The molecule has 0 aliphatic carbocycles. The van der Waals surface area contributed by atoms with Gasteiger partial charge in [-0.15, -0.1) is 0 Å². The Bertz CT molecular complexity index is 661. The topological polar surface area (TPSA) is 50.4 Å². The van der Waals surface area contributed by atoms with Crippen molar-refractivity contribution in [3.8, 4) is 5.75 Å². The van der Waals surface area contributed by atoms with Crippen molar-refractivity contribution in [3.05, 3.63) is 64.1 Å². The predicted octanol–water partition coefficient (Wildman–Crippen LogP) is 4.20. The third-order valence-corrected chi connectivity index (χ3v) is 4.09. The van der Waals surface area contributed by atoms with Gasteiger partial charge < -0.3 is 15.4 Å². The molecule has 2 aromatic rings. The molecule has 0 saturated carbocycles. The van der Waals surface area contributed by atoms with Gasteiger partial charge in [0.2, 0.25) is 0 Å². The van der Waals surface area contributed by atoms with Crippen LogP contribution in [0.2, 0.25) is 0 Å². The minimum atomic E-state index is -0.207. The fourth-order valence-corrected chi connectivity index (χ4v) is 2.82. The number of urea groups is 1. The second-order valence-corrected chi connectivity index (χ2v) is 6.16. The van der Waals surface area contributed by atoms with Gasteiger partial charge in [0, 0.05) is 4.47 Å². The summed E-state index contributed by atoms with van der Waals surface area (Å²) in [6, 6.07) is 15.4. The van der Waals surface area contributed by atoms with Crippen LogP contribution in [0.4, 0.5) is 4.79 Å². The summed E-state index contributed by atoms with van der Waals surface area (Å²) in [6.07, 6.45) is 0. The lowest BCUT2D eigenvalue weighted by molar-refractivity contribution is 0.233. The molecule has 2 amide bonds. The van der Waals surface area contributed by atoms with Crippen molar-refractivity contribution in [2.24, 2.45) is 0 Å². The highest BCUT2D eigenvalue weighted by molar-refractivity contribution is 9.10. The SMILES string of the molecule is Cc1cccc(OCCNC(=O)NC(C)c2ccccc2Br)c1. The van der Waals surface area contributed by atoms with Crippen molar-refractivity contribution in [1.82, 2.24) is 10.6 Å². The van der Waals surface area contributed by atoms with E-state index < -0.39 is 0 Å². The fraction of sp³-hybridized carbons (Fsp3) is 0.278. The molecule has 1 unspecified atom stereocenters. The largest absolute Gasteiger partial charge is 0.492 e. The summed E-state index contributed by atoms with van der Waals surface area (Å²) in [5, 5.41) is 5.71. The van der Waals surface area contributed by atoms with Crippen LogP contribution in [-0.4, -0.2) is 19.2 Å². The average Bonchev–Trinajstić information content (AvgIpc) is 2.52. The molecule has 5 heteroatoms. The first-order valence-corrected chi connectivity index (χ1v) is 8.34. The molecular formula is C18H21BrN2O2. The smallest absolute Gasteiger partial charge is 0.315 e. The molecular weight excluding hydrogens is 356 g/mol. The number of nitrogens with one attached hydrogen (secondary N) is 2. The molecule has 0 bridgehead atoms. The van der Waals surface area contributed by atoms with E-state index in [4.69, 9.17) is 4.74 Å². The Labute approximate surface area is 145 Å². The Kier molecular flexibility index (Phi) is 6.47. The fourth-order valence-electron chi connectivity index (χ4n) is 2.19. The zero-order valence-electron chi connectivity index (χ0n) is 13.3. The maximum absolute atomic E-state index is 11.9. The Balaban J connectivity index is 1.72. The third kappa shape index (κ3) is 5.60. The van der Waals surface area contributed by atoms with E-state index in [0.29, 0.717) is 13.2 Å². The van der Waals surface area contributed by atoms with Crippen molar-refractivity contribution >= 4 is 22.0 Å². The van der Waals surface area contributed by atoms with Gasteiger partial charge in [0.1, 0.15) is 12.4 Å². The van der Waals surface area contributed by atoms with E-state index in [2.05, 4.69) is 26.6 Å². The number of carbonyl (C=O) groups is 1. The molecule has 0 fully saturated rings. The zero-order chi connectivity index (χ0) is 16.7. The monoisotopic (exact) mass is 376 g/mol. The van der Waals surface area contributed by atoms with Crippen LogP contribution >= 0.6 is 15.9 Å². The highest BCUT2D eigenvalue weighted by Gasteiger charge is 2.11. The van der Waals surface area contributed by atoms with Crippen molar-refractivity contribution in [2.45, 2.75) is 19.9 Å². The van der Waals surface area contributed by atoms with E-state index in [1.807, 2.05) is 62.4 Å². The average molecular weight is 377 g/mol. The van der Waals surface area contributed by atoms with Crippen LogP contribution in [0.5, 0.6) is 5.75 Å². The molecule has 0 heterocycles. The highest BCUT2D eigenvalue weighted by atomic mass is 79.9. The van der Waals surface area contributed by atoms with Gasteiger partial charge in [0.25, 0.3) is 0 Å². The molecule has 0 aliphatic heterocycles. The summed E-state index contributed by atoms with van der Waals surface area (Å²) < 4.78 is 6.58. The van der Waals surface area contributed by atoms with Crippen LogP contribution in [0.25, 0.3) is 0 Å². The summed E-state index contributed by atoms with van der Waals surface area (Å²) in [5.41, 5.74) is 2.19. The molecule has 4 nitrogen and oxygen atoms in total. The van der Waals surface area contributed by atoms with Gasteiger partial charge in [-0.3, -0.25) is 0 Å². The third-order valence-electron chi connectivity index (χ3n) is 3.37. The lowest BCUT2D eigenvalue weighted by atomic mass is 10.1. The molecule has 122 valence electrons. The maximum Gasteiger partial charge on any atom is 0.315 e. The van der Waals surface area contributed by atoms with Crippen LogP contribution in [0.3, 0.4) is 0 Å². The van der Waals surface area contributed by atoms with Crippen LogP contribution in [0.1, 0.15) is 24.1 Å². The minimum absolute atomic E-state index is 0.0803. The van der Waals surface area contributed by atoms with Crippen molar-refractivity contribution in [2.75, 3.05) is 13.2 Å². The number of halogens is 1. The summed E-state index contributed by atoms with van der Waals surface area (Å²) >= 11 is 3.49. The lowest BCUT2D eigenvalue weighted by Gasteiger charge is -2.16. The number of amides is 2. The zero-order valence-corrected chi connectivity index (χ0v) is 14.9. The molecule has 0 radical (unpaired) electrons. The first kappa shape index (κ1) is 17.3. The molecule has 0 aliphatic rings. The molecule has 0 saturated heterocycles. The van der Waals surface area contributed by atoms with Gasteiger partial charge >= 0.3 is 6.03 Å². The molecule has 0 spiro atoms. The Morgan fingerprint density at radius 1 is 1.22 bits per heavy atom. The van der Waals surface area contributed by atoms with Gasteiger partial charge in [0.05, 0.1) is 12.6 Å². The quantitative estimate of drug-likeness (QED) is 0.742. The van der Waals surface area contributed by atoms with E-state index in [0.717, 1.165) is 21.3 Å². The van der Waals surface area contributed by atoms with Crippen molar-refractivity contribution < 1.29 is 9.53 Å². The van der Waals surface area contributed by atoms with Crippen LogP contribution in [0, 0.1) is 6.92 Å². The number of hydrogen-bond acceptors (Lipinski definition) is 2. The predicted molar refractivity (Wildman–Crippen MR) is 95.8 cm³/mol. The number of hydrogen-bond donors (Lipinski definition) is 2. The number of rotatable bonds is 6. The standard InChI is InChI=1S/C18H21BrN2O2/c1-13-6-5-7-15(12-13)23-11-10-20-18(22)21-14(2)16-8-3-4-9-17(16)19/h3-9,12,14H,10-11H2,1-2H3,(H2,20,21,22). The minimum Gasteiger partial charge on any atom is -0.492 e. The summed E-state index contributed by atoms with van der Waals surface area (Å²) in [4.78, 5) is 11.9. The Morgan fingerprint density at radius 2 is 2.00 bits per heavy atom. The number of aryl methyl sites for hydroxylation is 1. The number of ether oxygens (including phenoxy) is 1. The summed E-state index contributed by atoms with van der Waals surface area (Å²) in [5.74, 6) is 0.814. The first-order valence-electron chi connectivity index (χ1n) is 7.54. The molecule has 2 rings (SSSR count). The van der Waals surface area contributed by atoms with Gasteiger partial charge in [0.15, 0.2) is 0 Å². The lowest BCUT2D eigenvalue weighted by Crippen LogP contribution is -2.39. The molecule has 23 heavy (non-hydrogen) atoms. The molecule has 2 N–H and O–H groups in total. The van der Waals surface area contributed by atoms with Crippen molar-refractivity contribution in [3.63, 3.8) is 0 Å². The second-order valence-electron chi connectivity index (χ2n) is 5.31. The van der Waals surface area contributed by atoms with E-state index in [1.165, 1.54) is 0 Å². The van der Waals surface area contributed by atoms with Gasteiger partial charge in [-0.05, 0) is 43.2 Å². The Morgan fingerprint density at radius 3 is 2.74 bits per heavy atom. The first-order chi connectivity index (χ1) is 11.1. The maximum atomic E-state index is 11.9. The number of carbonyl (C=O) groups excluding carboxylic acids is 1. The van der Waals surface area contributed by atoms with E-state index in [1.54, 1.807) is 0 Å².